The molecular weight excluding hydrogens is 352 g/mol. The zero-order chi connectivity index (χ0) is 19.3. The van der Waals surface area contributed by atoms with E-state index in [2.05, 4.69) is 26.4 Å². The number of carbonyl (C=O) groups excluding carboxylic acids is 1. The van der Waals surface area contributed by atoms with Crippen molar-refractivity contribution in [3.05, 3.63) is 71.8 Å². The van der Waals surface area contributed by atoms with Crippen LogP contribution >= 0.6 is 0 Å². The van der Waals surface area contributed by atoms with Crippen LogP contribution in [0.4, 0.5) is 5.69 Å². The maximum Gasteiger partial charge on any atom is 0.251 e. The van der Waals surface area contributed by atoms with Gasteiger partial charge in [0, 0.05) is 25.2 Å². The molecule has 1 aromatic heterocycles. The van der Waals surface area contributed by atoms with Crippen LogP contribution in [0.5, 0.6) is 0 Å². The summed E-state index contributed by atoms with van der Waals surface area (Å²) in [6.45, 7) is 2.34. The lowest BCUT2D eigenvalue weighted by Crippen LogP contribution is -2.24. The quantitative estimate of drug-likeness (QED) is 0.744. The van der Waals surface area contributed by atoms with E-state index in [9.17, 15) is 10.1 Å². The summed E-state index contributed by atoms with van der Waals surface area (Å²) in [5.41, 5.74) is 3.85. The highest BCUT2D eigenvalue weighted by atomic mass is 16.1. The molecule has 1 aliphatic heterocycles. The Balaban J connectivity index is 1.41. The van der Waals surface area contributed by atoms with E-state index in [0.717, 1.165) is 42.9 Å². The van der Waals surface area contributed by atoms with E-state index in [1.54, 1.807) is 23.1 Å². The zero-order valence-electron chi connectivity index (χ0n) is 15.4. The SMILES string of the molecule is N#Cc1cc(C(=O)NCc2ccc(-n3cncn3)cc2)ccc1N1CCCC1. The van der Waals surface area contributed by atoms with E-state index in [1.807, 2.05) is 30.3 Å². The third-order valence-corrected chi connectivity index (χ3v) is 4.90. The molecule has 0 bridgehead atoms. The lowest BCUT2D eigenvalue weighted by Gasteiger charge is -2.19. The first kappa shape index (κ1) is 17.7. The monoisotopic (exact) mass is 372 g/mol. The number of nitrogens with zero attached hydrogens (tertiary/aromatic N) is 5. The maximum atomic E-state index is 12.5. The van der Waals surface area contributed by atoms with Crippen LogP contribution < -0.4 is 10.2 Å². The fourth-order valence-electron chi connectivity index (χ4n) is 3.39. The molecule has 1 fully saturated rings. The molecule has 2 heterocycles. The third kappa shape index (κ3) is 3.71. The number of nitriles is 1. The fourth-order valence-corrected chi connectivity index (χ4v) is 3.39. The van der Waals surface area contributed by atoms with Crippen molar-refractivity contribution in [3.63, 3.8) is 0 Å². The van der Waals surface area contributed by atoms with Gasteiger partial charge in [-0.3, -0.25) is 4.79 Å². The number of hydrogen-bond acceptors (Lipinski definition) is 5. The second-order valence-corrected chi connectivity index (χ2v) is 6.73. The molecule has 140 valence electrons. The predicted molar refractivity (Wildman–Crippen MR) is 105 cm³/mol. The Hall–Kier alpha value is -3.66. The smallest absolute Gasteiger partial charge is 0.251 e. The van der Waals surface area contributed by atoms with Crippen LogP contribution in [-0.2, 0) is 6.54 Å². The predicted octanol–water partition coefficient (Wildman–Crippen LogP) is 2.67. The van der Waals surface area contributed by atoms with Gasteiger partial charge in [0.1, 0.15) is 18.7 Å². The molecule has 7 nitrogen and oxygen atoms in total. The first-order valence-corrected chi connectivity index (χ1v) is 9.26. The standard InChI is InChI=1S/C21H20N6O/c22-12-18-11-17(5-8-20(18)26-9-1-2-10-26)21(28)24-13-16-3-6-19(7-4-16)27-15-23-14-25-27/h3-8,11,14-15H,1-2,9-10,13H2,(H,24,28). The van der Waals surface area contributed by atoms with Crippen LogP contribution in [0.1, 0.15) is 34.3 Å². The summed E-state index contributed by atoms with van der Waals surface area (Å²) >= 11 is 0. The van der Waals surface area contributed by atoms with E-state index in [4.69, 9.17) is 0 Å². The molecule has 1 N–H and O–H groups in total. The van der Waals surface area contributed by atoms with Gasteiger partial charge in [-0.05, 0) is 48.7 Å². The minimum absolute atomic E-state index is 0.190. The van der Waals surface area contributed by atoms with Gasteiger partial charge in [0.15, 0.2) is 0 Å². The van der Waals surface area contributed by atoms with Gasteiger partial charge in [0.2, 0.25) is 0 Å². The van der Waals surface area contributed by atoms with Crippen LogP contribution in [0.3, 0.4) is 0 Å². The average Bonchev–Trinajstić information content (AvgIpc) is 3.46. The van der Waals surface area contributed by atoms with Gasteiger partial charge in [0.25, 0.3) is 5.91 Å². The third-order valence-electron chi connectivity index (χ3n) is 4.90. The number of hydrogen-bond donors (Lipinski definition) is 1. The molecule has 1 saturated heterocycles. The Morgan fingerprint density at radius 3 is 2.61 bits per heavy atom. The van der Waals surface area contributed by atoms with Crippen molar-refractivity contribution < 1.29 is 4.79 Å². The second-order valence-electron chi connectivity index (χ2n) is 6.73. The highest BCUT2D eigenvalue weighted by Gasteiger charge is 2.17. The number of amides is 1. The van der Waals surface area contributed by atoms with E-state index in [0.29, 0.717) is 17.7 Å². The number of aromatic nitrogens is 3. The molecule has 0 atom stereocenters. The highest BCUT2D eigenvalue weighted by Crippen LogP contribution is 2.25. The maximum absolute atomic E-state index is 12.5. The number of anilines is 1. The Bertz CT molecular complexity index is 998. The molecular formula is C21H20N6O. The van der Waals surface area contributed by atoms with Gasteiger partial charge in [-0.25, -0.2) is 9.67 Å². The zero-order valence-corrected chi connectivity index (χ0v) is 15.4. The molecule has 0 spiro atoms. The topological polar surface area (TPSA) is 86.8 Å². The summed E-state index contributed by atoms with van der Waals surface area (Å²) in [5, 5.41) is 16.5. The van der Waals surface area contributed by atoms with Crippen molar-refractivity contribution in [1.82, 2.24) is 20.1 Å². The van der Waals surface area contributed by atoms with Gasteiger partial charge >= 0.3 is 0 Å². The van der Waals surface area contributed by atoms with Crippen LogP contribution in [0.2, 0.25) is 0 Å². The van der Waals surface area contributed by atoms with E-state index < -0.39 is 0 Å². The minimum Gasteiger partial charge on any atom is -0.370 e. The summed E-state index contributed by atoms with van der Waals surface area (Å²) < 4.78 is 1.67. The van der Waals surface area contributed by atoms with Gasteiger partial charge in [0.05, 0.1) is 16.9 Å². The summed E-state index contributed by atoms with van der Waals surface area (Å²) in [7, 11) is 0. The highest BCUT2D eigenvalue weighted by molar-refractivity contribution is 5.95. The second kappa shape index (κ2) is 7.92. The van der Waals surface area contributed by atoms with Crippen LogP contribution in [0.15, 0.2) is 55.1 Å². The van der Waals surface area contributed by atoms with Crippen LogP contribution in [-0.4, -0.2) is 33.8 Å². The van der Waals surface area contributed by atoms with Crippen molar-refractivity contribution >= 4 is 11.6 Å². The molecule has 0 radical (unpaired) electrons. The van der Waals surface area contributed by atoms with Crippen LogP contribution in [0, 0.1) is 11.3 Å². The molecule has 2 aromatic carbocycles. The molecule has 28 heavy (non-hydrogen) atoms. The number of nitrogens with one attached hydrogen (secondary N) is 1. The Morgan fingerprint density at radius 1 is 1.14 bits per heavy atom. The largest absolute Gasteiger partial charge is 0.370 e. The molecule has 0 saturated carbocycles. The average molecular weight is 372 g/mol. The van der Waals surface area contributed by atoms with Gasteiger partial charge in [-0.1, -0.05) is 12.1 Å². The van der Waals surface area contributed by atoms with Crippen molar-refractivity contribution in [2.24, 2.45) is 0 Å². The first-order valence-electron chi connectivity index (χ1n) is 9.26. The summed E-state index contributed by atoms with van der Waals surface area (Å²) in [4.78, 5) is 18.6. The number of benzene rings is 2. The molecule has 3 aromatic rings. The molecule has 0 unspecified atom stereocenters. The summed E-state index contributed by atoms with van der Waals surface area (Å²) in [6, 6.07) is 15.3. The summed E-state index contributed by atoms with van der Waals surface area (Å²) in [5.74, 6) is -0.190. The van der Waals surface area contributed by atoms with Gasteiger partial charge in [-0.2, -0.15) is 10.4 Å². The van der Waals surface area contributed by atoms with E-state index in [1.165, 1.54) is 6.33 Å². The minimum atomic E-state index is -0.190. The lowest BCUT2D eigenvalue weighted by molar-refractivity contribution is 0.0951. The molecule has 1 amide bonds. The van der Waals surface area contributed by atoms with E-state index in [-0.39, 0.29) is 5.91 Å². The number of carbonyl (C=O) groups is 1. The van der Waals surface area contributed by atoms with Gasteiger partial charge in [-0.15, -0.1) is 0 Å². The summed E-state index contributed by atoms with van der Waals surface area (Å²) in [6.07, 6.45) is 5.40. The fraction of sp³-hybridized carbons (Fsp3) is 0.238. The van der Waals surface area contributed by atoms with Crippen molar-refractivity contribution in [3.8, 4) is 11.8 Å². The van der Waals surface area contributed by atoms with Gasteiger partial charge < -0.3 is 10.2 Å². The first-order chi connectivity index (χ1) is 13.7. The van der Waals surface area contributed by atoms with E-state index >= 15 is 0 Å². The molecule has 1 aliphatic rings. The Morgan fingerprint density at radius 2 is 1.93 bits per heavy atom. The molecule has 7 heteroatoms. The molecule has 4 rings (SSSR count). The Labute approximate surface area is 163 Å². The normalized spacial score (nSPS) is 13.3. The Kier molecular flexibility index (Phi) is 5.02. The van der Waals surface area contributed by atoms with Crippen molar-refractivity contribution in [1.29, 1.82) is 5.26 Å². The van der Waals surface area contributed by atoms with Crippen LogP contribution in [0.25, 0.3) is 5.69 Å². The van der Waals surface area contributed by atoms with Crippen molar-refractivity contribution in [2.45, 2.75) is 19.4 Å². The number of rotatable bonds is 5. The molecule has 0 aliphatic carbocycles. The van der Waals surface area contributed by atoms with Crippen molar-refractivity contribution in [2.75, 3.05) is 18.0 Å². The lowest BCUT2D eigenvalue weighted by atomic mass is 10.1.